The van der Waals surface area contributed by atoms with Crippen LogP contribution >= 0.6 is 0 Å². The van der Waals surface area contributed by atoms with E-state index >= 15 is 0 Å². The van der Waals surface area contributed by atoms with Crippen LogP contribution in [0.1, 0.15) is 48.5 Å². The predicted molar refractivity (Wildman–Crippen MR) is 96.9 cm³/mol. The van der Waals surface area contributed by atoms with Crippen molar-refractivity contribution in [2.45, 2.75) is 44.4 Å². The van der Waals surface area contributed by atoms with E-state index in [1.807, 2.05) is 4.57 Å². The van der Waals surface area contributed by atoms with Gasteiger partial charge in [0.1, 0.15) is 6.61 Å². The predicted octanol–water partition coefficient (Wildman–Crippen LogP) is 3.21. The van der Waals surface area contributed by atoms with Crippen LogP contribution in [0.3, 0.4) is 0 Å². The molecule has 2 fully saturated rings. The molecule has 2 heterocycles. The fourth-order valence-corrected chi connectivity index (χ4v) is 3.39. The molecular formula is C20H22FNO5. The van der Waals surface area contributed by atoms with Gasteiger partial charge in [-0.05, 0) is 38.2 Å². The topological polar surface area (TPSA) is 66.8 Å². The largest absolute Gasteiger partial charge is 0.488 e. The average molecular weight is 375 g/mol. The standard InChI is InChI=1S/C20H22FNO5/c21-16-9-15-17(22(14-4-5-14)11-13(12-23)20(15)24)10-18(16)25-7-8-27-19-3-1-2-6-26-19/h9-12,14,19H,1-8H2. The van der Waals surface area contributed by atoms with Crippen molar-refractivity contribution < 1.29 is 23.4 Å². The van der Waals surface area contributed by atoms with Crippen molar-refractivity contribution in [1.29, 1.82) is 0 Å². The molecule has 2 aromatic rings. The molecule has 7 heteroatoms. The number of carbonyl (C=O) groups excluding carboxylic acids is 1. The number of pyridine rings is 1. The van der Waals surface area contributed by atoms with Crippen LogP contribution in [-0.2, 0) is 9.47 Å². The number of fused-ring (bicyclic) bond motifs is 1. The van der Waals surface area contributed by atoms with Gasteiger partial charge < -0.3 is 18.8 Å². The summed E-state index contributed by atoms with van der Waals surface area (Å²) < 4.78 is 32.9. The van der Waals surface area contributed by atoms with Crippen LogP contribution in [0, 0.1) is 5.82 Å². The summed E-state index contributed by atoms with van der Waals surface area (Å²) in [6.45, 7) is 1.18. The van der Waals surface area contributed by atoms with Crippen molar-refractivity contribution >= 4 is 17.2 Å². The highest BCUT2D eigenvalue weighted by Crippen LogP contribution is 2.37. The van der Waals surface area contributed by atoms with Gasteiger partial charge in [-0.1, -0.05) is 0 Å². The lowest BCUT2D eigenvalue weighted by atomic mass is 10.1. The van der Waals surface area contributed by atoms with Gasteiger partial charge >= 0.3 is 0 Å². The molecule has 1 aliphatic heterocycles. The molecule has 0 spiro atoms. The van der Waals surface area contributed by atoms with Crippen molar-refractivity contribution in [1.82, 2.24) is 4.57 Å². The number of ether oxygens (including phenoxy) is 3. The maximum absolute atomic E-state index is 14.4. The maximum atomic E-state index is 14.4. The summed E-state index contributed by atoms with van der Waals surface area (Å²) in [5.74, 6) is -0.553. The van der Waals surface area contributed by atoms with Gasteiger partial charge in [-0.3, -0.25) is 9.59 Å². The Morgan fingerprint density at radius 3 is 2.78 bits per heavy atom. The van der Waals surface area contributed by atoms with E-state index in [0.29, 0.717) is 25.0 Å². The number of hydrogen-bond donors (Lipinski definition) is 0. The molecule has 1 aromatic carbocycles. The highest BCUT2D eigenvalue weighted by molar-refractivity contribution is 5.87. The second kappa shape index (κ2) is 7.78. The lowest BCUT2D eigenvalue weighted by molar-refractivity contribution is -0.165. The highest BCUT2D eigenvalue weighted by atomic mass is 19.1. The van der Waals surface area contributed by atoms with Gasteiger partial charge in [-0.25, -0.2) is 4.39 Å². The first-order valence-corrected chi connectivity index (χ1v) is 9.37. The molecule has 1 saturated heterocycles. The Kier molecular flexibility index (Phi) is 5.22. The summed E-state index contributed by atoms with van der Waals surface area (Å²) in [5.41, 5.74) is 0.171. The zero-order valence-corrected chi connectivity index (χ0v) is 15.0. The Morgan fingerprint density at radius 1 is 1.22 bits per heavy atom. The van der Waals surface area contributed by atoms with Crippen LogP contribution in [-0.4, -0.2) is 37.0 Å². The van der Waals surface area contributed by atoms with Gasteiger partial charge in [-0.15, -0.1) is 0 Å². The Balaban J connectivity index is 1.53. The summed E-state index contributed by atoms with van der Waals surface area (Å²) in [4.78, 5) is 23.5. The van der Waals surface area contributed by atoms with E-state index in [4.69, 9.17) is 14.2 Å². The quantitative estimate of drug-likeness (QED) is 0.549. The Labute approximate surface area is 155 Å². The van der Waals surface area contributed by atoms with Crippen molar-refractivity contribution in [3.63, 3.8) is 0 Å². The Hall–Kier alpha value is -2.25. The first-order chi connectivity index (χ1) is 13.2. The van der Waals surface area contributed by atoms with Gasteiger partial charge in [0.05, 0.1) is 17.7 Å². The normalized spacial score (nSPS) is 20.0. The van der Waals surface area contributed by atoms with E-state index in [2.05, 4.69) is 0 Å². The van der Waals surface area contributed by atoms with Crippen molar-refractivity contribution in [3.05, 3.63) is 39.9 Å². The third-order valence-corrected chi connectivity index (χ3v) is 4.96. The summed E-state index contributed by atoms with van der Waals surface area (Å²) in [5, 5.41) is 0.197. The Bertz CT molecular complexity index is 899. The molecule has 144 valence electrons. The van der Waals surface area contributed by atoms with Gasteiger partial charge in [0, 0.05) is 30.3 Å². The maximum Gasteiger partial charge on any atom is 0.199 e. The second-order valence-corrected chi connectivity index (χ2v) is 6.99. The minimum atomic E-state index is -0.626. The molecule has 1 atom stereocenters. The molecule has 1 aromatic heterocycles. The molecule has 27 heavy (non-hydrogen) atoms. The minimum absolute atomic E-state index is 0.0448. The van der Waals surface area contributed by atoms with Crippen LogP contribution in [0.4, 0.5) is 4.39 Å². The van der Waals surface area contributed by atoms with E-state index in [9.17, 15) is 14.0 Å². The van der Waals surface area contributed by atoms with Gasteiger partial charge in [0.15, 0.2) is 29.6 Å². The molecule has 0 N–H and O–H groups in total. The Morgan fingerprint density at radius 2 is 2.07 bits per heavy atom. The molecule has 6 nitrogen and oxygen atoms in total. The van der Waals surface area contributed by atoms with Gasteiger partial charge in [-0.2, -0.15) is 0 Å². The summed E-state index contributed by atoms with van der Waals surface area (Å²) >= 11 is 0. The smallest absolute Gasteiger partial charge is 0.199 e. The van der Waals surface area contributed by atoms with E-state index in [1.165, 1.54) is 6.07 Å². The number of halogens is 1. The average Bonchev–Trinajstić information content (AvgIpc) is 3.52. The zero-order chi connectivity index (χ0) is 18.8. The number of rotatable bonds is 7. The third-order valence-electron chi connectivity index (χ3n) is 4.96. The molecule has 4 rings (SSSR count). The number of carbonyl (C=O) groups is 1. The summed E-state index contributed by atoms with van der Waals surface area (Å²) in [6.07, 6.45) is 6.79. The third kappa shape index (κ3) is 3.89. The van der Waals surface area contributed by atoms with Crippen LogP contribution in [0.5, 0.6) is 5.75 Å². The lowest BCUT2D eigenvalue weighted by Crippen LogP contribution is -2.24. The summed E-state index contributed by atoms with van der Waals surface area (Å²) in [6, 6.07) is 2.93. The van der Waals surface area contributed by atoms with Gasteiger partial charge in [0.2, 0.25) is 0 Å². The number of nitrogens with zero attached hydrogens (tertiary/aromatic N) is 1. The molecule has 2 aliphatic rings. The van der Waals surface area contributed by atoms with Crippen molar-refractivity contribution in [3.8, 4) is 5.75 Å². The monoisotopic (exact) mass is 375 g/mol. The van der Waals surface area contributed by atoms with Crippen molar-refractivity contribution in [2.75, 3.05) is 19.8 Å². The van der Waals surface area contributed by atoms with E-state index in [0.717, 1.165) is 38.2 Å². The first-order valence-electron chi connectivity index (χ1n) is 9.37. The number of benzene rings is 1. The number of hydrogen-bond acceptors (Lipinski definition) is 5. The minimum Gasteiger partial charge on any atom is -0.488 e. The first kappa shape index (κ1) is 18.1. The molecule has 0 amide bonds. The number of aldehydes is 1. The van der Waals surface area contributed by atoms with Crippen molar-refractivity contribution in [2.24, 2.45) is 0 Å². The van der Waals surface area contributed by atoms with Crippen LogP contribution < -0.4 is 10.2 Å². The van der Waals surface area contributed by atoms with Gasteiger partial charge in [0.25, 0.3) is 0 Å². The van der Waals surface area contributed by atoms with E-state index < -0.39 is 11.2 Å². The second-order valence-electron chi connectivity index (χ2n) is 6.99. The fourth-order valence-electron chi connectivity index (χ4n) is 3.39. The molecule has 1 aliphatic carbocycles. The van der Waals surface area contributed by atoms with Crippen LogP contribution in [0.2, 0.25) is 0 Å². The van der Waals surface area contributed by atoms with Crippen LogP contribution in [0.15, 0.2) is 23.1 Å². The SMILES string of the molecule is O=Cc1cn(C2CC2)c2cc(OCCOC3CCCCO3)c(F)cc2c1=O. The molecule has 0 bridgehead atoms. The summed E-state index contributed by atoms with van der Waals surface area (Å²) in [7, 11) is 0. The lowest BCUT2D eigenvalue weighted by Gasteiger charge is -2.22. The fraction of sp³-hybridized carbons (Fsp3) is 0.500. The highest BCUT2D eigenvalue weighted by Gasteiger charge is 2.26. The van der Waals surface area contributed by atoms with E-state index in [-0.39, 0.29) is 35.6 Å². The van der Waals surface area contributed by atoms with E-state index in [1.54, 1.807) is 6.20 Å². The number of aromatic nitrogens is 1. The zero-order valence-electron chi connectivity index (χ0n) is 15.0. The van der Waals surface area contributed by atoms with Crippen LogP contribution in [0.25, 0.3) is 10.9 Å². The molecule has 0 radical (unpaired) electrons. The molecule has 1 unspecified atom stereocenters. The molecule has 1 saturated carbocycles. The molecular weight excluding hydrogens is 353 g/mol.